The minimum absolute atomic E-state index is 0.180. The fourth-order valence-corrected chi connectivity index (χ4v) is 3.21. The fourth-order valence-electron chi connectivity index (χ4n) is 2.86. The molecule has 0 aromatic heterocycles. The van der Waals surface area contributed by atoms with Crippen LogP contribution in [-0.4, -0.2) is 30.8 Å². The summed E-state index contributed by atoms with van der Waals surface area (Å²) < 4.78 is 1.13. The van der Waals surface area contributed by atoms with E-state index in [0.717, 1.165) is 43.5 Å². The second-order valence-electron chi connectivity index (χ2n) is 5.62. The molecule has 1 aliphatic rings. The summed E-state index contributed by atoms with van der Waals surface area (Å²) in [6.45, 7) is 8.01. The minimum atomic E-state index is -0.180. The Kier molecular flexibility index (Phi) is 5.87. The van der Waals surface area contributed by atoms with Crippen LogP contribution in [0.5, 0.6) is 0 Å². The molecule has 1 aromatic carbocycles. The Hall–Kier alpha value is -0.580. The van der Waals surface area contributed by atoms with Crippen molar-refractivity contribution in [3.63, 3.8) is 0 Å². The van der Waals surface area contributed by atoms with Gasteiger partial charge in [0.2, 0.25) is 0 Å². The number of rotatable bonds is 5. The molecule has 4 heteroatoms. The van der Waals surface area contributed by atoms with Gasteiger partial charge in [-0.1, -0.05) is 28.9 Å². The average molecular weight is 341 g/mol. The Morgan fingerprint density at radius 3 is 2.70 bits per heavy atom. The van der Waals surface area contributed by atoms with Gasteiger partial charge < -0.3 is 15.3 Å². The van der Waals surface area contributed by atoms with Gasteiger partial charge >= 0.3 is 0 Å². The lowest BCUT2D eigenvalue weighted by Gasteiger charge is -2.36. The van der Waals surface area contributed by atoms with Crippen molar-refractivity contribution in [2.24, 2.45) is 5.92 Å². The Morgan fingerprint density at radius 2 is 2.10 bits per heavy atom. The van der Waals surface area contributed by atoms with Crippen LogP contribution in [0.4, 0.5) is 5.69 Å². The first-order chi connectivity index (χ1) is 9.61. The Labute approximate surface area is 130 Å². The second-order valence-corrected chi connectivity index (χ2v) is 6.53. The summed E-state index contributed by atoms with van der Waals surface area (Å²) in [6, 6.07) is 6.52. The van der Waals surface area contributed by atoms with Crippen LogP contribution in [-0.2, 0) is 6.54 Å². The molecule has 0 saturated carbocycles. The van der Waals surface area contributed by atoms with Gasteiger partial charge in [0, 0.05) is 29.8 Å². The zero-order chi connectivity index (χ0) is 14.5. The molecule has 0 amide bonds. The number of nitrogens with zero attached hydrogens (tertiary/aromatic N) is 1. The fraction of sp³-hybridized carbons (Fsp3) is 0.625. The number of nitrogens with one attached hydrogen (secondary N) is 1. The molecule has 3 nitrogen and oxygen atoms in total. The normalized spacial score (nSPS) is 18.3. The molecular weight excluding hydrogens is 316 g/mol. The highest BCUT2D eigenvalue weighted by Crippen LogP contribution is 2.30. The molecule has 1 unspecified atom stereocenters. The number of benzene rings is 1. The van der Waals surface area contributed by atoms with Crippen LogP contribution in [0, 0.1) is 5.92 Å². The molecule has 2 N–H and O–H groups in total. The van der Waals surface area contributed by atoms with Crippen molar-refractivity contribution in [3.8, 4) is 0 Å². The third-order valence-corrected chi connectivity index (χ3v) is 4.67. The molecule has 1 heterocycles. The zero-order valence-corrected chi connectivity index (χ0v) is 14.0. The summed E-state index contributed by atoms with van der Waals surface area (Å²) in [5, 5.41) is 13.1. The van der Waals surface area contributed by atoms with E-state index >= 15 is 0 Å². The summed E-state index contributed by atoms with van der Waals surface area (Å²) in [7, 11) is 0. The van der Waals surface area contributed by atoms with Gasteiger partial charge in [0.15, 0.2) is 0 Å². The van der Waals surface area contributed by atoms with Crippen molar-refractivity contribution in [1.82, 2.24) is 5.32 Å². The number of hydrogen-bond acceptors (Lipinski definition) is 3. The first-order valence-corrected chi connectivity index (χ1v) is 8.33. The first-order valence-electron chi connectivity index (χ1n) is 7.54. The van der Waals surface area contributed by atoms with Crippen molar-refractivity contribution in [2.75, 3.05) is 24.5 Å². The Morgan fingerprint density at radius 1 is 1.40 bits per heavy atom. The lowest BCUT2D eigenvalue weighted by atomic mass is 9.91. The number of anilines is 1. The lowest BCUT2D eigenvalue weighted by molar-refractivity contribution is 0.110. The minimum Gasteiger partial charge on any atom is -0.393 e. The van der Waals surface area contributed by atoms with Gasteiger partial charge in [-0.05, 0) is 49.9 Å². The van der Waals surface area contributed by atoms with Gasteiger partial charge in [-0.3, -0.25) is 0 Å². The Balaban J connectivity index is 2.09. The van der Waals surface area contributed by atoms with Crippen LogP contribution in [0.3, 0.4) is 0 Å². The SMILES string of the molecule is CCNCc1ccc(Br)cc1N1CCC(C(C)O)CC1. The van der Waals surface area contributed by atoms with Crippen molar-refractivity contribution in [1.29, 1.82) is 0 Å². The molecule has 2 rings (SSSR count). The average Bonchev–Trinajstić information content (AvgIpc) is 2.46. The van der Waals surface area contributed by atoms with Gasteiger partial charge in [0.25, 0.3) is 0 Å². The summed E-state index contributed by atoms with van der Waals surface area (Å²) in [6.07, 6.45) is 1.97. The number of halogens is 1. The smallest absolute Gasteiger partial charge is 0.0541 e. The molecule has 1 aliphatic heterocycles. The van der Waals surface area contributed by atoms with E-state index in [0.29, 0.717) is 5.92 Å². The van der Waals surface area contributed by atoms with Crippen LogP contribution in [0.2, 0.25) is 0 Å². The van der Waals surface area contributed by atoms with Crippen LogP contribution in [0.1, 0.15) is 32.3 Å². The summed E-state index contributed by atoms with van der Waals surface area (Å²) in [5.41, 5.74) is 2.68. The van der Waals surface area contributed by atoms with Gasteiger partial charge in [0.1, 0.15) is 0 Å². The third kappa shape index (κ3) is 3.96. The van der Waals surface area contributed by atoms with E-state index in [1.807, 2.05) is 6.92 Å². The van der Waals surface area contributed by atoms with Crippen LogP contribution < -0.4 is 10.2 Å². The summed E-state index contributed by atoms with van der Waals surface area (Å²) in [4.78, 5) is 2.45. The van der Waals surface area contributed by atoms with Crippen LogP contribution >= 0.6 is 15.9 Å². The molecule has 1 saturated heterocycles. The third-order valence-electron chi connectivity index (χ3n) is 4.18. The second kappa shape index (κ2) is 7.43. The van der Waals surface area contributed by atoms with E-state index in [1.54, 1.807) is 0 Å². The van der Waals surface area contributed by atoms with E-state index in [4.69, 9.17) is 0 Å². The molecule has 0 spiro atoms. The topological polar surface area (TPSA) is 35.5 Å². The standard InChI is InChI=1S/C16H25BrN2O/c1-3-18-11-14-4-5-15(17)10-16(14)19-8-6-13(7-9-19)12(2)20/h4-5,10,12-13,18,20H,3,6-9,11H2,1-2H3. The zero-order valence-electron chi connectivity index (χ0n) is 12.4. The van der Waals surface area contributed by atoms with E-state index in [2.05, 4.69) is 51.3 Å². The molecule has 1 aromatic rings. The maximum atomic E-state index is 9.71. The number of piperidine rings is 1. The largest absolute Gasteiger partial charge is 0.393 e. The highest BCUT2D eigenvalue weighted by Gasteiger charge is 2.23. The quantitative estimate of drug-likeness (QED) is 0.864. The molecule has 0 bridgehead atoms. The Bertz CT molecular complexity index is 428. The van der Waals surface area contributed by atoms with Crippen LogP contribution in [0.15, 0.2) is 22.7 Å². The van der Waals surface area contributed by atoms with E-state index in [1.165, 1.54) is 11.3 Å². The summed E-state index contributed by atoms with van der Waals surface area (Å²) in [5.74, 6) is 0.454. The first kappa shape index (κ1) is 15.8. The van der Waals surface area contributed by atoms with Gasteiger partial charge in [-0.25, -0.2) is 0 Å². The maximum absolute atomic E-state index is 9.71. The highest BCUT2D eigenvalue weighted by molar-refractivity contribution is 9.10. The van der Waals surface area contributed by atoms with Crippen molar-refractivity contribution >= 4 is 21.6 Å². The molecule has 0 radical (unpaired) electrons. The van der Waals surface area contributed by atoms with Crippen molar-refractivity contribution in [3.05, 3.63) is 28.2 Å². The van der Waals surface area contributed by atoms with Crippen LogP contribution in [0.25, 0.3) is 0 Å². The van der Waals surface area contributed by atoms with E-state index in [9.17, 15) is 5.11 Å². The van der Waals surface area contributed by atoms with Crippen molar-refractivity contribution in [2.45, 2.75) is 39.3 Å². The van der Waals surface area contributed by atoms with Gasteiger partial charge in [-0.2, -0.15) is 0 Å². The lowest BCUT2D eigenvalue weighted by Crippen LogP contribution is -2.37. The number of hydrogen-bond donors (Lipinski definition) is 2. The van der Waals surface area contributed by atoms with Gasteiger partial charge in [-0.15, -0.1) is 0 Å². The number of aliphatic hydroxyl groups excluding tert-OH is 1. The summed E-state index contributed by atoms with van der Waals surface area (Å²) >= 11 is 3.58. The van der Waals surface area contributed by atoms with E-state index < -0.39 is 0 Å². The molecule has 20 heavy (non-hydrogen) atoms. The van der Waals surface area contributed by atoms with Gasteiger partial charge in [0.05, 0.1) is 6.10 Å². The number of aliphatic hydroxyl groups is 1. The molecule has 1 fully saturated rings. The monoisotopic (exact) mass is 340 g/mol. The van der Waals surface area contributed by atoms with E-state index in [-0.39, 0.29) is 6.10 Å². The molecular formula is C16H25BrN2O. The molecule has 0 aliphatic carbocycles. The van der Waals surface area contributed by atoms with Crippen molar-refractivity contribution < 1.29 is 5.11 Å². The predicted molar refractivity (Wildman–Crippen MR) is 88.1 cm³/mol. The predicted octanol–water partition coefficient (Wildman–Crippen LogP) is 3.16. The maximum Gasteiger partial charge on any atom is 0.0541 e. The highest BCUT2D eigenvalue weighted by atomic mass is 79.9. The molecule has 1 atom stereocenters. The molecule has 112 valence electrons.